The Labute approximate surface area is 80.9 Å². The lowest BCUT2D eigenvalue weighted by Gasteiger charge is -2.07. The molecule has 1 aromatic rings. The van der Waals surface area contributed by atoms with Crippen molar-refractivity contribution in [1.82, 2.24) is 0 Å². The van der Waals surface area contributed by atoms with Gasteiger partial charge in [-0.25, -0.2) is 4.79 Å². The van der Waals surface area contributed by atoms with Crippen molar-refractivity contribution in [1.29, 1.82) is 0 Å². The molecular formula is C9H9ClO3. The molecule has 70 valence electrons. The Kier molecular flexibility index (Phi) is 2.78. The Morgan fingerprint density at radius 2 is 2.15 bits per heavy atom. The number of carboxylic acids is 1. The highest BCUT2D eigenvalue weighted by Gasteiger charge is 2.10. The van der Waals surface area contributed by atoms with Crippen molar-refractivity contribution in [2.75, 3.05) is 7.11 Å². The average molecular weight is 201 g/mol. The van der Waals surface area contributed by atoms with Crippen LogP contribution in [0.3, 0.4) is 0 Å². The second kappa shape index (κ2) is 3.66. The first-order valence-electron chi connectivity index (χ1n) is 3.63. The van der Waals surface area contributed by atoms with Gasteiger partial charge in [0.25, 0.3) is 0 Å². The summed E-state index contributed by atoms with van der Waals surface area (Å²) in [7, 11) is 1.48. The van der Waals surface area contributed by atoms with Crippen LogP contribution in [0.15, 0.2) is 12.1 Å². The third-order valence-corrected chi connectivity index (χ3v) is 2.16. The third kappa shape index (κ3) is 1.92. The summed E-state index contributed by atoms with van der Waals surface area (Å²) in [5.74, 6) is -0.523. The molecule has 0 saturated carbocycles. The number of benzene rings is 1. The Morgan fingerprint density at radius 3 is 2.62 bits per heavy atom. The zero-order valence-electron chi connectivity index (χ0n) is 7.30. The Hall–Kier alpha value is -1.22. The van der Waals surface area contributed by atoms with Gasteiger partial charge in [0.2, 0.25) is 0 Å². The van der Waals surface area contributed by atoms with Gasteiger partial charge in [-0.2, -0.15) is 0 Å². The van der Waals surface area contributed by atoms with Crippen molar-refractivity contribution >= 4 is 17.6 Å². The average Bonchev–Trinajstić information content (AvgIpc) is 2.09. The summed E-state index contributed by atoms with van der Waals surface area (Å²) in [6.45, 7) is 1.77. The number of hydrogen-bond donors (Lipinski definition) is 1. The number of aromatic carboxylic acids is 1. The molecule has 0 amide bonds. The fourth-order valence-electron chi connectivity index (χ4n) is 0.989. The molecule has 13 heavy (non-hydrogen) atoms. The van der Waals surface area contributed by atoms with E-state index in [0.717, 1.165) is 5.56 Å². The first kappa shape index (κ1) is 9.86. The predicted molar refractivity (Wildman–Crippen MR) is 49.7 cm³/mol. The van der Waals surface area contributed by atoms with Crippen LogP contribution in [0.25, 0.3) is 0 Å². The SMILES string of the molecule is COc1cc(C(=O)O)cc(Cl)c1C. The molecule has 4 heteroatoms. The molecule has 0 heterocycles. The summed E-state index contributed by atoms with van der Waals surface area (Å²) >= 11 is 5.80. The first-order chi connectivity index (χ1) is 6.06. The number of ether oxygens (including phenoxy) is 1. The van der Waals surface area contributed by atoms with E-state index in [-0.39, 0.29) is 5.56 Å². The zero-order chi connectivity index (χ0) is 10.0. The Balaban J connectivity index is 3.30. The van der Waals surface area contributed by atoms with Crippen LogP contribution in [-0.2, 0) is 0 Å². The molecule has 1 rings (SSSR count). The summed E-state index contributed by atoms with van der Waals surface area (Å²) in [4.78, 5) is 10.6. The molecule has 0 spiro atoms. The van der Waals surface area contributed by atoms with Gasteiger partial charge in [0.15, 0.2) is 0 Å². The number of methoxy groups -OCH3 is 1. The van der Waals surface area contributed by atoms with Crippen molar-refractivity contribution in [3.05, 3.63) is 28.3 Å². The molecule has 0 aliphatic rings. The van der Waals surface area contributed by atoms with Crippen LogP contribution in [0.2, 0.25) is 5.02 Å². The molecule has 0 aliphatic carbocycles. The molecule has 0 unspecified atom stereocenters. The maximum Gasteiger partial charge on any atom is 0.335 e. The van der Waals surface area contributed by atoms with Gasteiger partial charge in [-0.05, 0) is 19.1 Å². The summed E-state index contributed by atoms with van der Waals surface area (Å²) < 4.78 is 4.97. The first-order valence-corrected chi connectivity index (χ1v) is 4.01. The van der Waals surface area contributed by atoms with Gasteiger partial charge in [0.05, 0.1) is 12.7 Å². The topological polar surface area (TPSA) is 46.5 Å². The zero-order valence-corrected chi connectivity index (χ0v) is 8.05. The van der Waals surface area contributed by atoms with Gasteiger partial charge < -0.3 is 9.84 Å². The largest absolute Gasteiger partial charge is 0.496 e. The lowest BCUT2D eigenvalue weighted by Crippen LogP contribution is -1.98. The van der Waals surface area contributed by atoms with Crippen LogP contribution in [0, 0.1) is 6.92 Å². The summed E-state index contributed by atoms with van der Waals surface area (Å²) in [6, 6.07) is 2.85. The second-order valence-corrected chi connectivity index (χ2v) is 3.00. The van der Waals surface area contributed by atoms with E-state index < -0.39 is 5.97 Å². The highest BCUT2D eigenvalue weighted by Crippen LogP contribution is 2.27. The number of hydrogen-bond acceptors (Lipinski definition) is 2. The molecular weight excluding hydrogens is 192 g/mol. The van der Waals surface area contributed by atoms with Crippen molar-refractivity contribution < 1.29 is 14.6 Å². The van der Waals surface area contributed by atoms with Gasteiger partial charge in [-0.3, -0.25) is 0 Å². The van der Waals surface area contributed by atoms with Crippen molar-refractivity contribution in [3.63, 3.8) is 0 Å². The number of rotatable bonds is 2. The van der Waals surface area contributed by atoms with Crippen molar-refractivity contribution in [2.24, 2.45) is 0 Å². The lowest BCUT2D eigenvalue weighted by molar-refractivity contribution is 0.0696. The summed E-state index contributed by atoms with van der Waals surface area (Å²) in [6.07, 6.45) is 0. The van der Waals surface area contributed by atoms with E-state index in [4.69, 9.17) is 21.4 Å². The van der Waals surface area contributed by atoms with Crippen LogP contribution in [-0.4, -0.2) is 18.2 Å². The highest BCUT2D eigenvalue weighted by atomic mass is 35.5. The van der Waals surface area contributed by atoms with E-state index in [1.807, 2.05) is 0 Å². The molecule has 0 fully saturated rings. The maximum absolute atomic E-state index is 10.6. The fourth-order valence-corrected chi connectivity index (χ4v) is 1.20. The normalized spacial score (nSPS) is 9.77. The van der Waals surface area contributed by atoms with E-state index in [1.54, 1.807) is 6.92 Å². The number of carbonyl (C=O) groups is 1. The Morgan fingerprint density at radius 1 is 1.54 bits per heavy atom. The van der Waals surface area contributed by atoms with Crippen LogP contribution in [0.1, 0.15) is 15.9 Å². The highest BCUT2D eigenvalue weighted by molar-refractivity contribution is 6.31. The van der Waals surface area contributed by atoms with Crippen molar-refractivity contribution in [3.8, 4) is 5.75 Å². The van der Waals surface area contributed by atoms with E-state index in [0.29, 0.717) is 10.8 Å². The minimum atomic E-state index is -1.01. The van der Waals surface area contributed by atoms with E-state index >= 15 is 0 Å². The van der Waals surface area contributed by atoms with Gasteiger partial charge in [0.1, 0.15) is 5.75 Å². The fraction of sp³-hybridized carbons (Fsp3) is 0.222. The Bertz CT molecular complexity index is 347. The predicted octanol–water partition coefficient (Wildman–Crippen LogP) is 2.36. The smallest absolute Gasteiger partial charge is 0.335 e. The van der Waals surface area contributed by atoms with Crippen LogP contribution < -0.4 is 4.74 Å². The van der Waals surface area contributed by atoms with Crippen molar-refractivity contribution in [2.45, 2.75) is 6.92 Å². The quantitative estimate of drug-likeness (QED) is 0.797. The van der Waals surface area contributed by atoms with E-state index in [1.165, 1.54) is 19.2 Å². The summed E-state index contributed by atoms with van der Waals surface area (Å²) in [5, 5.41) is 9.11. The van der Waals surface area contributed by atoms with Crippen LogP contribution in [0.4, 0.5) is 0 Å². The number of halogens is 1. The monoisotopic (exact) mass is 200 g/mol. The van der Waals surface area contributed by atoms with E-state index in [9.17, 15) is 4.79 Å². The summed E-state index contributed by atoms with van der Waals surface area (Å²) in [5.41, 5.74) is 0.876. The van der Waals surface area contributed by atoms with Crippen LogP contribution in [0.5, 0.6) is 5.75 Å². The van der Waals surface area contributed by atoms with Gasteiger partial charge >= 0.3 is 5.97 Å². The van der Waals surface area contributed by atoms with Crippen LogP contribution >= 0.6 is 11.6 Å². The van der Waals surface area contributed by atoms with Gasteiger partial charge in [-0.15, -0.1) is 0 Å². The molecule has 1 aromatic carbocycles. The molecule has 0 radical (unpaired) electrons. The number of carboxylic acid groups (broad SMARTS) is 1. The lowest BCUT2D eigenvalue weighted by atomic mass is 10.1. The minimum absolute atomic E-state index is 0.132. The molecule has 0 aliphatic heterocycles. The molecule has 0 atom stereocenters. The minimum Gasteiger partial charge on any atom is -0.496 e. The maximum atomic E-state index is 10.6. The van der Waals surface area contributed by atoms with Gasteiger partial charge in [0, 0.05) is 10.6 Å². The molecule has 1 N–H and O–H groups in total. The molecule has 3 nitrogen and oxygen atoms in total. The van der Waals surface area contributed by atoms with E-state index in [2.05, 4.69) is 0 Å². The molecule has 0 bridgehead atoms. The van der Waals surface area contributed by atoms with Gasteiger partial charge in [-0.1, -0.05) is 11.6 Å². The second-order valence-electron chi connectivity index (χ2n) is 2.59. The molecule has 0 saturated heterocycles. The standard InChI is InChI=1S/C9H9ClO3/c1-5-7(10)3-6(9(11)12)4-8(5)13-2/h3-4H,1-2H3,(H,11,12). The molecule has 0 aromatic heterocycles. The third-order valence-electron chi connectivity index (χ3n) is 1.76.